The third-order valence-corrected chi connectivity index (χ3v) is 4.78. The van der Waals surface area contributed by atoms with Crippen molar-refractivity contribution in [2.24, 2.45) is 0 Å². The van der Waals surface area contributed by atoms with Crippen molar-refractivity contribution in [1.82, 2.24) is 9.97 Å². The third-order valence-electron chi connectivity index (χ3n) is 2.78. The van der Waals surface area contributed by atoms with Gasteiger partial charge in [0, 0.05) is 6.20 Å². The number of hydrogen-bond donors (Lipinski definition) is 1. The maximum atomic E-state index is 12.6. The van der Waals surface area contributed by atoms with Gasteiger partial charge < -0.3 is 0 Å². The highest BCUT2D eigenvalue weighted by Crippen LogP contribution is 2.29. The van der Waals surface area contributed by atoms with Gasteiger partial charge in [0.2, 0.25) is 10.0 Å². The van der Waals surface area contributed by atoms with E-state index in [4.69, 9.17) is 0 Å². The van der Waals surface area contributed by atoms with Gasteiger partial charge in [-0.25, -0.2) is 13.4 Å². The van der Waals surface area contributed by atoms with E-state index in [0.29, 0.717) is 10.7 Å². The number of halogens is 4. The van der Waals surface area contributed by atoms with Crippen molar-refractivity contribution in [3.05, 3.63) is 51.9 Å². The van der Waals surface area contributed by atoms with Crippen molar-refractivity contribution < 1.29 is 21.6 Å². The van der Waals surface area contributed by atoms with E-state index >= 15 is 0 Å². The van der Waals surface area contributed by atoms with Gasteiger partial charge in [-0.1, -0.05) is 6.07 Å². The van der Waals surface area contributed by atoms with E-state index in [9.17, 15) is 21.6 Å². The monoisotopic (exact) mass is 409 g/mol. The summed E-state index contributed by atoms with van der Waals surface area (Å²) >= 11 is 3.17. The van der Waals surface area contributed by atoms with Crippen molar-refractivity contribution in [1.29, 1.82) is 0 Å². The highest BCUT2D eigenvalue weighted by Gasteiger charge is 2.31. The molecule has 10 heteroatoms. The Balaban J connectivity index is 2.19. The van der Waals surface area contributed by atoms with E-state index in [0.717, 1.165) is 17.8 Å². The van der Waals surface area contributed by atoms with Crippen LogP contribution in [0.2, 0.25) is 0 Å². The summed E-state index contributed by atoms with van der Waals surface area (Å²) in [6.45, 7) is 1.78. The standard InChI is InChI=1S/C13H11BrF3N3O2S/c1-8-2-3-11(19-12(8)14)20-23(21,22)7-10-6-9(4-5-18-10)13(15,16)17/h2-6H,7H2,1H3,(H,19,20). The van der Waals surface area contributed by atoms with Crippen molar-refractivity contribution in [3.63, 3.8) is 0 Å². The summed E-state index contributed by atoms with van der Waals surface area (Å²) in [7, 11) is -3.94. The fourth-order valence-corrected chi connectivity index (χ4v) is 3.06. The fraction of sp³-hybridized carbons (Fsp3) is 0.231. The molecule has 0 saturated carbocycles. The van der Waals surface area contributed by atoms with Crippen LogP contribution >= 0.6 is 15.9 Å². The molecule has 23 heavy (non-hydrogen) atoms. The SMILES string of the molecule is Cc1ccc(NS(=O)(=O)Cc2cc(C(F)(F)F)ccn2)nc1Br. The molecule has 0 aliphatic heterocycles. The molecule has 0 amide bonds. The van der Waals surface area contributed by atoms with Crippen LogP contribution < -0.4 is 4.72 Å². The normalized spacial score (nSPS) is 12.2. The maximum Gasteiger partial charge on any atom is 0.416 e. The quantitative estimate of drug-likeness (QED) is 0.784. The summed E-state index contributed by atoms with van der Waals surface area (Å²) in [4.78, 5) is 7.64. The van der Waals surface area contributed by atoms with Gasteiger partial charge in [0.1, 0.15) is 16.2 Å². The van der Waals surface area contributed by atoms with E-state index in [1.807, 2.05) is 0 Å². The number of sulfonamides is 1. The number of pyridine rings is 2. The average Bonchev–Trinajstić information content (AvgIpc) is 2.41. The zero-order valence-electron chi connectivity index (χ0n) is 11.7. The van der Waals surface area contributed by atoms with Crippen LogP contribution in [0.25, 0.3) is 0 Å². The molecule has 2 heterocycles. The third kappa shape index (κ3) is 4.90. The van der Waals surface area contributed by atoms with Gasteiger partial charge in [-0.05, 0) is 46.6 Å². The van der Waals surface area contributed by atoms with Gasteiger partial charge in [-0.2, -0.15) is 13.2 Å². The van der Waals surface area contributed by atoms with Crippen molar-refractivity contribution >= 4 is 31.8 Å². The molecule has 0 bridgehead atoms. The minimum atomic E-state index is -4.56. The summed E-state index contributed by atoms with van der Waals surface area (Å²) in [5.41, 5.74) is -0.347. The Kier molecular flexibility index (Phi) is 4.95. The number of hydrogen-bond acceptors (Lipinski definition) is 4. The molecule has 0 fully saturated rings. The number of anilines is 1. The number of nitrogens with zero attached hydrogens (tertiary/aromatic N) is 2. The van der Waals surface area contributed by atoms with Crippen LogP contribution in [-0.4, -0.2) is 18.4 Å². The van der Waals surface area contributed by atoms with Gasteiger partial charge >= 0.3 is 6.18 Å². The second-order valence-corrected chi connectivity index (χ2v) is 7.17. The molecule has 0 aliphatic carbocycles. The van der Waals surface area contributed by atoms with Gasteiger partial charge in [-0.15, -0.1) is 0 Å². The number of aromatic nitrogens is 2. The molecule has 0 aliphatic rings. The first-order valence-corrected chi connectivity index (χ1v) is 8.67. The Labute approximate surface area is 139 Å². The van der Waals surface area contributed by atoms with Crippen LogP contribution in [0, 0.1) is 6.92 Å². The van der Waals surface area contributed by atoms with Crippen LogP contribution in [-0.2, 0) is 22.0 Å². The minimum Gasteiger partial charge on any atom is -0.267 e. The Morgan fingerprint density at radius 3 is 2.57 bits per heavy atom. The van der Waals surface area contributed by atoms with E-state index < -0.39 is 27.5 Å². The lowest BCUT2D eigenvalue weighted by Gasteiger charge is -2.10. The van der Waals surface area contributed by atoms with Crippen molar-refractivity contribution in [2.75, 3.05) is 4.72 Å². The molecule has 2 rings (SSSR count). The lowest BCUT2D eigenvalue weighted by Crippen LogP contribution is -2.17. The first-order valence-electron chi connectivity index (χ1n) is 6.22. The molecule has 0 saturated heterocycles. The summed E-state index contributed by atoms with van der Waals surface area (Å²) < 4.78 is 64.6. The second kappa shape index (κ2) is 6.44. The van der Waals surface area contributed by atoms with Crippen molar-refractivity contribution in [3.8, 4) is 0 Å². The number of aryl methyl sites for hydroxylation is 1. The van der Waals surface area contributed by atoms with E-state index in [-0.39, 0.29) is 11.5 Å². The van der Waals surface area contributed by atoms with Gasteiger partial charge in [0.25, 0.3) is 0 Å². The summed E-state index contributed by atoms with van der Waals surface area (Å²) in [6, 6.07) is 4.59. The number of alkyl halides is 3. The minimum absolute atomic E-state index is 0.0643. The Morgan fingerprint density at radius 2 is 1.96 bits per heavy atom. The molecular formula is C13H11BrF3N3O2S. The largest absolute Gasteiger partial charge is 0.416 e. The number of nitrogens with one attached hydrogen (secondary N) is 1. The first kappa shape index (κ1) is 17.7. The van der Waals surface area contributed by atoms with E-state index in [1.165, 1.54) is 6.07 Å². The molecule has 0 atom stereocenters. The Bertz CT molecular complexity index is 825. The van der Waals surface area contributed by atoms with Crippen LogP contribution in [0.3, 0.4) is 0 Å². The summed E-state index contributed by atoms with van der Waals surface area (Å²) in [5, 5.41) is 0. The molecule has 0 spiro atoms. The molecule has 1 N–H and O–H groups in total. The Morgan fingerprint density at radius 1 is 1.26 bits per heavy atom. The van der Waals surface area contributed by atoms with Crippen LogP contribution in [0.5, 0.6) is 0 Å². The molecule has 0 unspecified atom stereocenters. The topological polar surface area (TPSA) is 72.0 Å². The highest BCUT2D eigenvalue weighted by molar-refractivity contribution is 9.10. The molecule has 0 radical (unpaired) electrons. The molecule has 124 valence electrons. The fourth-order valence-electron chi connectivity index (χ4n) is 1.68. The Hall–Kier alpha value is -1.68. The summed E-state index contributed by atoms with van der Waals surface area (Å²) in [6.07, 6.45) is -3.63. The van der Waals surface area contributed by atoms with E-state index in [1.54, 1.807) is 13.0 Å². The van der Waals surface area contributed by atoms with Crippen molar-refractivity contribution in [2.45, 2.75) is 18.9 Å². The van der Waals surface area contributed by atoms with E-state index in [2.05, 4.69) is 30.6 Å². The summed E-state index contributed by atoms with van der Waals surface area (Å²) in [5.74, 6) is -0.626. The van der Waals surface area contributed by atoms with Crippen LogP contribution in [0.1, 0.15) is 16.8 Å². The predicted molar refractivity (Wildman–Crippen MR) is 82.2 cm³/mol. The first-order chi connectivity index (χ1) is 10.6. The number of rotatable bonds is 4. The molecule has 2 aromatic heterocycles. The smallest absolute Gasteiger partial charge is 0.267 e. The highest BCUT2D eigenvalue weighted by atomic mass is 79.9. The lowest BCUT2D eigenvalue weighted by molar-refractivity contribution is -0.137. The predicted octanol–water partition coefficient (Wildman–Crippen LogP) is 3.51. The lowest BCUT2D eigenvalue weighted by atomic mass is 10.2. The zero-order valence-corrected chi connectivity index (χ0v) is 14.1. The zero-order chi connectivity index (χ0) is 17.3. The average molecular weight is 410 g/mol. The molecule has 2 aromatic rings. The van der Waals surface area contributed by atoms with Gasteiger partial charge in [-0.3, -0.25) is 9.71 Å². The van der Waals surface area contributed by atoms with Gasteiger partial charge in [0.15, 0.2) is 0 Å². The van der Waals surface area contributed by atoms with Crippen LogP contribution in [0.4, 0.5) is 19.0 Å². The van der Waals surface area contributed by atoms with Crippen LogP contribution in [0.15, 0.2) is 35.1 Å². The second-order valence-electron chi connectivity index (χ2n) is 4.70. The molecule has 0 aromatic carbocycles. The molecular weight excluding hydrogens is 399 g/mol. The maximum absolute atomic E-state index is 12.6. The molecule has 5 nitrogen and oxygen atoms in total. The van der Waals surface area contributed by atoms with Gasteiger partial charge in [0.05, 0.1) is 11.3 Å².